The highest BCUT2D eigenvalue weighted by atomic mass is 35.5. The van der Waals surface area contributed by atoms with E-state index < -0.39 is 0 Å². The Labute approximate surface area is 122 Å². The van der Waals surface area contributed by atoms with Crippen molar-refractivity contribution in [2.24, 2.45) is 0 Å². The number of hydrogen-bond acceptors (Lipinski definition) is 2. The van der Waals surface area contributed by atoms with Gasteiger partial charge in [-0.1, -0.05) is 30.1 Å². The molecule has 1 aliphatic heterocycles. The summed E-state index contributed by atoms with van der Waals surface area (Å²) >= 11 is 12.2. The maximum absolute atomic E-state index is 6.30. The SMILES string of the molecule is CC1(c2cncn2-c2ccc(Cl)cc2Cl)CCNC1. The molecule has 1 unspecified atom stereocenters. The topological polar surface area (TPSA) is 29.9 Å². The van der Waals surface area contributed by atoms with Gasteiger partial charge < -0.3 is 9.88 Å². The molecule has 1 atom stereocenters. The van der Waals surface area contributed by atoms with E-state index in [0.717, 1.165) is 25.2 Å². The third kappa shape index (κ3) is 2.27. The molecule has 0 aliphatic carbocycles. The molecular weight excluding hydrogens is 281 g/mol. The van der Waals surface area contributed by atoms with E-state index in [9.17, 15) is 0 Å². The predicted octanol–water partition coefficient (Wildman–Crippen LogP) is 3.43. The molecule has 3 nitrogen and oxygen atoms in total. The molecule has 3 rings (SSSR count). The number of hydrogen-bond donors (Lipinski definition) is 1. The normalized spacial score (nSPS) is 22.9. The van der Waals surface area contributed by atoms with Crippen LogP contribution in [0.3, 0.4) is 0 Å². The highest BCUT2D eigenvalue weighted by Gasteiger charge is 2.33. The molecule has 1 N–H and O–H groups in total. The smallest absolute Gasteiger partial charge is 0.0994 e. The van der Waals surface area contributed by atoms with Crippen molar-refractivity contribution in [1.82, 2.24) is 14.9 Å². The van der Waals surface area contributed by atoms with Crippen molar-refractivity contribution in [3.05, 3.63) is 46.5 Å². The summed E-state index contributed by atoms with van der Waals surface area (Å²) in [7, 11) is 0. The molecule has 2 heterocycles. The molecule has 2 aromatic rings. The molecule has 0 bridgehead atoms. The first kappa shape index (κ1) is 13.0. The van der Waals surface area contributed by atoms with E-state index in [1.165, 1.54) is 5.69 Å². The van der Waals surface area contributed by atoms with Crippen molar-refractivity contribution < 1.29 is 0 Å². The molecular formula is C14H15Cl2N3. The average molecular weight is 296 g/mol. The molecule has 0 radical (unpaired) electrons. The Morgan fingerprint density at radius 3 is 2.89 bits per heavy atom. The van der Waals surface area contributed by atoms with Crippen LogP contribution in [0, 0.1) is 0 Å². The van der Waals surface area contributed by atoms with Crippen molar-refractivity contribution in [2.75, 3.05) is 13.1 Å². The van der Waals surface area contributed by atoms with E-state index in [2.05, 4.69) is 21.8 Å². The van der Waals surface area contributed by atoms with Crippen LogP contribution in [0.25, 0.3) is 5.69 Å². The standard InChI is InChI=1S/C14H15Cl2N3/c1-14(4-5-17-8-14)13-7-18-9-19(13)12-3-2-10(15)6-11(12)16/h2-3,6-7,9,17H,4-5,8H2,1H3. The quantitative estimate of drug-likeness (QED) is 0.920. The fourth-order valence-electron chi connectivity index (χ4n) is 2.65. The Bertz CT molecular complexity index is 600. The predicted molar refractivity (Wildman–Crippen MR) is 78.4 cm³/mol. The van der Waals surface area contributed by atoms with E-state index in [1.54, 1.807) is 6.07 Å². The molecule has 0 spiro atoms. The summed E-state index contributed by atoms with van der Waals surface area (Å²) in [5.41, 5.74) is 2.20. The van der Waals surface area contributed by atoms with Gasteiger partial charge in [-0.25, -0.2) is 4.98 Å². The van der Waals surface area contributed by atoms with E-state index >= 15 is 0 Å². The summed E-state index contributed by atoms with van der Waals surface area (Å²) in [5.74, 6) is 0. The van der Waals surface area contributed by atoms with Crippen LogP contribution >= 0.6 is 23.2 Å². The van der Waals surface area contributed by atoms with Gasteiger partial charge in [-0.2, -0.15) is 0 Å². The van der Waals surface area contributed by atoms with E-state index in [1.807, 2.05) is 24.7 Å². The minimum atomic E-state index is 0.0967. The van der Waals surface area contributed by atoms with Crippen LogP contribution in [0.1, 0.15) is 19.0 Å². The van der Waals surface area contributed by atoms with E-state index in [-0.39, 0.29) is 5.41 Å². The van der Waals surface area contributed by atoms with Crippen molar-refractivity contribution in [2.45, 2.75) is 18.8 Å². The van der Waals surface area contributed by atoms with Crippen molar-refractivity contribution in [3.8, 4) is 5.69 Å². The van der Waals surface area contributed by atoms with Gasteiger partial charge in [0.15, 0.2) is 0 Å². The lowest BCUT2D eigenvalue weighted by molar-refractivity contribution is 0.499. The first-order valence-electron chi connectivity index (χ1n) is 6.29. The summed E-state index contributed by atoms with van der Waals surface area (Å²) in [6, 6.07) is 5.54. The largest absolute Gasteiger partial charge is 0.316 e. The lowest BCUT2D eigenvalue weighted by Gasteiger charge is -2.24. The van der Waals surface area contributed by atoms with Crippen molar-refractivity contribution in [1.29, 1.82) is 0 Å². The molecule has 5 heteroatoms. The number of nitrogens with one attached hydrogen (secondary N) is 1. The fraction of sp³-hybridized carbons (Fsp3) is 0.357. The van der Waals surface area contributed by atoms with Gasteiger partial charge in [-0.05, 0) is 31.2 Å². The Kier molecular flexibility index (Phi) is 3.29. The fourth-order valence-corrected chi connectivity index (χ4v) is 3.15. The third-order valence-electron chi connectivity index (χ3n) is 3.79. The van der Waals surface area contributed by atoms with Gasteiger partial charge in [0.2, 0.25) is 0 Å². The maximum Gasteiger partial charge on any atom is 0.0994 e. The van der Waals surface area contributed by atoms with Gasteiger partial charge in [0, 0.05) is 28.9 Å². The van der Waals surface area contributed by atoms with Gasteiger partial charge in [0.1, 0.15) is 0 Å². The van der Waals surface area contributed by atoms with Crippen LogP contribution < -0.4 is 5.32 Å². The lowest BCUT2D eigenvalue weighted by Crippen LogP contribution is -2.27. The second-order valence-electron chi connectivity index (χ2n) is 5.23. The Hall–Kier alpha value is -1.03. The van der Waals surface area contributed by atoms with Crippen LogP contribution in [0.15, 0.2) is 30.7 Å². The number of aromatic nitrogens is 2. The Morgan fingerprint density at radius 2 is 2.21 bits per heavy atom. The summed E-state index contributed by atoms with van der Waals surface area (Å²) in [6.07, 6.45) is 4.84. The highest BCUT2D eigenvalue weighted by Crippen LogP contribution is 2.33. The molecule has 1 aromatic heterocycles. The van der Waals surface area contributed by atoms with Gasteiger partial charge in [0.05, 0.1) is 17.0 Å². The van der Waals surface area contributed by atoms with Crippen molar-refractivity contribution in [3.63, 3.8) is 0 Å². The zero-order valence-corrected chi connectivity index (χ0v) is 12.2. The van der Waals surface area contributed by atoms with Crippen LogP contribution in [0.4, 0.5) is 0 Å². The molecule has 1 aliphatic rings. The van der Waals surface area contributed by atoms with E-state index in [0.29, 0.717) is 10.0 Å². The third-order valence-corrected chi connectivity index (χ3v) is 4.33. The summed E-state index contributed by atoms with van der Waals surface area (Å²) < 4.78 is 2.06. The Balaban J connectivity index is 2.09. The van der Waals surface area contributed by atoms with Crippen LogP contribution in [-0.4, -0.2) is 22.6 Å². The molecule has 0 amide bonds. The first-order chi connectivity index (χ1) is 9.10. The number of imidazole rings is 1. The summed E-state index contributed by atoms with van der Waals surface area (Å²) in [5, 5.41) is 4.69. The van der Waals surface area contributed by atoms with Crippen molar-refractivity contribution >= 4 is 23.2 Å². The van der Waals surface area contributed by atoms with Gasteiger partial charge >= 0.3 is 0 Å². The molecule has 1 fully saturated rings. The maximum atomic E-state index is 6.30. The Morgan fingerprint density at radius 1 is 1.37 bits per heavy atom. The average Bonchev–Trinajstić information content (AvgIpc) is 2.98. The number of benzene rings is 1. The second kappa shape index (κ2) is 4.82. The first-order valence-corrected chi connectivity index (χ1v) is 7.05. The van der Waals surface area contributed by atoms with Crippen LogP contribution in [0.2, 0.25) is 10.0 Å². The minimum Gasteiger partial charge on any atom is -0.316 e. The second-order valence-corrected chi connectivity index (χ2v) is 6.08. The number of halogens is 2. The monoisotopic (exact) mass is 295 g/mol. The van der Waals surface area contributed by atoms with Crippen LogP contribution in [-0.2, 0) is 5.41 Å². The number of nitrogens with zero attached hydrogens (tertiary/aromatic N) is 2. The summed E-state index contributed by atoms with van der Waals surface area (Å²) in [6.45, 7) is 4.25. The van der Waals surface area contributed by atoms with Gasteiger partial charge in [0.25, 0.3) is 0 Å². The van der Waals surface area contributed by atoms with Gasteiger partial charge in [-0.15, -0.1) is 0 Å². The van der Waals surface area contributed by atoms with E-state index in [4.69, 9.17) is 23.2 Å². The summed E-state index contributed by atoms with van der Waals surface area (Å²) in [4.78, 5) is 4.30. The molecule has 1 aromatic carbocycles. The molecule has 0 saturated carbocycles. The zero-order chi connectivity index (χ0) is 13.5. The van der Waals surface area contributed by atoms with Gasteiger partial charge in [-0.3, -0.25) is 0 Å². The van der Waals surface area contributed by atoms with Crippen LogP contribution in [0.5, 0.6) is 0 Å². The number of rotatable bonds is 2. The lowest BCUT2D eigenvalue weighted by atomic mass is 9.86. The molecule has 100 valence electrons. The minimum absolute atomic E-state index is 0.0967. The zero-order valence-electron chi connectivity index (χ0n) is 10.7. The molecule has 1 saturated heterocycles. The highest BCUT2D eigenvalue weighted by molar-refractivity contribution is 6.35. The molecule has 19 heavy (non-hydrogen) atoms.